The van der Waals surface area contributed by atoms with Crippen molar-refractivity contribution in [2.75, 3.05) is 12.8 Å². The maximum atomic E-state index is 11.7. The molecule has 7 heteroatoms. The molecule has 0 aromatic rings. The summed E-state index contributed by atoms with van der Waals surface area (Å²) < 4.78 is 23.5. The molecule has 1 N–H and O–H groups in total. The van der Waals surface area contributed by atoms with Gasteiger partial charge in [0.05, 0.1) is 0 Å². The molecule has 98 valence electrons. The highest BCUT2D eigenvalue weighted by Crippen LogP contribution is 2.25. The van der Waals surface area contributed by atoms with Crippen LogP contribution in [-0.2, 0) is 19.4 Å². The molecule has 1 saturated carbocycles. The first-order valence-electron chi connectivity index (χ1n) is 5.49. The van der Waals surface area contributed by atoms with Gasteiger partial charge in [-0.3, -0.25) is 9.59 Å². The summed E-state index contributed by atoms with van der Waals surface area (Å²) in [5, 5.41) is 7.29. The Balaban J connectivity index is 2.71. The molecular weight excluding hydrogens is 246 g/mol. The number of aliphatic carboxylic acids is 1. The number of carboxylic acids is 1. The van der Waals surface area contributed by atoms with Crippen molar-refractivity contribution in [1.29, 1.82) is 0 Å². The van der Waals surface area contributed by atoms with Crippen LogP contribution < -0.4 is 0 Å². The number of carbonyl (C=O) groups excluding carboxylic acids is 1. The van der Waals surface area contributed by atoms with Crippen LogP contribution in [0.1, 0.15) is 26.2 Å². The molecular formula is C10H17NO5S. The molecule has 0 aromatic heterocycles. The van der Waals surface area contributed by atoms with E-state index in [4.69, 9.17) is 5.11 Å². The van der Waals surface area contributed by atoms with Gasteiger partial charge in [-0.25, -0.2) is 8.42 Å². The maximum Gasteiger partial charge on any atom is 0.321 e. The van der Waals surface area contributed by atoms with Gasteiger partial charge in [0.15, 0.2) is 15.1 Å². The van der Waals surface area contributed by atoms with Gasteiger partial charge in [-0.2, -0.15) is 0 Å². The van der Waals surface area contributed by atoms with E-state index in [1.807, 2.05) is 0 Å². The van der Waals surface area contributed by atoms with Gasteiger partial charge >= 0.3 is 5.97 Å². The van der Waals surface area contributed by atoms with Gasteiger partial charge in [-0.15, -0.1) is 0 Å². The van der Waals surface area contributed by atoms with Gasteiger partial charge < -0.3 is 10.0 Å². The number of hydrogen-bond acceptors (Lipinski definition) is 4. The second-order valence-corrected chi connectivity index (χ2v) is 6.46. The van der Waals surface area contributed by atoms with Crippen molar-refractivity contribution in [2.45, 2.75) is 37.5 Å². The Morgan fingerprint density at radius 3 is 2.29 bits per heavy atom. The van der Waals surface area contributed by atoms with Crippen molar-refractivity contribution in [3.05, 3.63) is 0 Å². The van der Waals surface area contributed by atoms with Crippen molar-refractivity contribution < 1.29 is 23.1 Å². The second-order valence-electron chi connectivity index (χ2n) is 4.28. The van der Waals surface area contributed by atoms with E-state index in [0.717, 1.165) is 12.8 Å². The fraction of sp³-hybridized carbons (Fsp3) is 0.800. The highest BCUT2D eigenvalue weighted by Gasteiger charge is 2.36. The van der Waals surface area contributed by atoms with Crippen LogP contribution in [0.2, 0.25) is 0 Å². The van der Waals surface area contributed by atoms with Gasteiger partial charge in [-0.1, -0.05) is 6.92 Å². The summed E-state index contributed by atoms with van der Waals surface area (Å²) in [6, 6.07) is 0.127. The molecule has 0 saturated heterocycles. The summed E-state index contributed by atoms with van der Waals surface area (Å²) >= 11 is 0. The quantitative estimate of drug-likeness (QED) is 0.721. The van der Waals surface area contributed by atoms with Crippen molar-refractivity contribution in [3.63, 3.8) is 0 Å². The zero-order valence-corrected chi connectivity index (χ0v) is 10.7. The number of carboxylic acid groups (broad SMARTS) is 1. The minimum absolute atomic E-state index is 0.0297. The predicted octanol–water partition coefficient (Wildman–Crippen LogP) is -0.115. The van der Waals surface area contributed by atoms with Crippen molar-refractivity contribution in [1.82, 2.24) is 4.90 Å². The third-order valence-corrected chi connectivity index (χ3v) is 4.94. The lowest BCUT2D eigenvalue weighted by molar-refractivity contribution is -0.136. The van der Waals surface area contributed by atoms with E-state index < -0.39 is 32.7 Å². The molecule has 0 aromatic carbocycles. The molecule has 6 nitrogen and oxygen atoms in total. The molecule has 1 aliphatic rings. The summed E-state index contributed by atoms with van der Waals surface area (Å²) in [4.78, 5) is 23.8. The number of hydrogen-bond donors (Lipinski definition) is 1. The fourth-order valence-corrected chi connectivity index (χ4v) is 3.19. The lowest BCUT2D eigenvalue weighted by Gasteiger charge is -2.17. The van der Waals surface area contributed by atoms with Crippen molar-refractivity contribution >= 4 is 21.7 Å². The van der Waals surface area contributed by atoms with Crippen molar-refractivity contribution in [2.24, 2.45) is 0 Å². The number of sulfone groups is 1. The van der Waals surface area contributed by atoms with Gasteiger partial charge in [0.25, 0.3) is 0 Å². The Kier molecular flexibility index (Phi) is 4.13. The van der Waals surface area contributed by atoms with E-state index >= 15 is 0 Å². The van der Waals surface area contributed by atoms with E-state index in [1.165, 1.54) is 11.8 Å². The van der Waals surface area contributed by atoms with Gasteiger partial charge in [0.1, 0.15) is 5.75 Å². The van der Waals surface area contributed by atoms with E-state index in [9.17, 15) is 18.0 Å². The molecule has 0 radical (unpaired) electrons. The average Bonchev–Trinajstić information content (AvgIpc) is 2.98. The minimum Gasteiger partial charge on any atom is -0.480 e. The molecule has 0 aliphatic heterocycles. The van der Waals surface area contributed by atoms with Gasteiger partial charge in [0.2, 0.25) is 5.91 Å². The van der Waals surface area contributed by atoms with Crippen LogP contribution in [0.4, 0.5) is 0 Å². The molecule has 1 unspecified atom stereocenters. The molecule has 1 fully saturated rings. The van der Waals surface area contributed by atoms with Crippen LogP contribution in [0.25, 0.3) is 0 Å². The number of carbonyl (C=O) groups is 2. The molecule has 17 heavy (non-hydrogen) atoms. The molecule has 0 spiro atoms. The Morgan fingerprint density at radius 1 is 1.41 bits per heavy atom. The Morgan fingerprint density at radius 2 is 1.94 bits per heavy atom. The molecule has 0 heterocycles. The third-order valence-electron chi connectivity index (χ3n) is 2.89. The number of nitrogens with zero attached hydrogens (tertiary/aromatic N) is 1. The standard InChI is InChI=1S/C10H17NO5S/c1-3-8(10(13)14)17(15,16)6-9(12)11(2)7-4-5-7/h7-8H,3-6H2,1-2H3,(H,13,14). The lowest BCUT2D eigenvalue weighted by Crippen LogP contribution is -2.39. The zero-order valence-electron chi connectivity index (χ0n) is 9.92. The Hall–Kier alpha value is -1.11. The molecule has 1 amide bonds. The van der Waals surface area contributed by atoms with Crippen molar-refractivity contribution in [3.8, 4) is 0 Å². The summed E-state index contributed by atoms with van der Waals surface area (Å²) in [7, 11) is -2.36. The predicted molar refractivity (Wildman–Crippen MR) is 61.3 cm³/mol. The molecule has 1 atom stereocenters. The van der Waals surface area contributed by atoms with Gasteiger partial charge in [-0.05, 0) is 19.3 Å². The van der Waals surface area contributed by atoms with Crippen LogP contribution in [0.15, 0.2) is 0 Å². The number of rotatable bonds is 6. The maximum absolute atomic E-state index is 11.7. The largest absolute Gasteiger partial charge is 0.480 e. The molecule has 1 rings (SSSR count). The normalized spacial score (nSPS) is 17.5. The Labute approximate surface area is 101 Å². The first-order chi connectivity index (χ1) is 7.79. The highest BCUT2D eigenvalue weighted by atomic mass is 32.2. The van der Waals surface area contributed by atoms with Crippen LogP contribution in [0.5, 0.6) is 0 Å². The number of amides is 1. The molecule has 0 bridgehead atoms. The average molecular weight is 263 g/mol. The monoisotopic (exact) mass is 263 g/mol. The topological polar surface area (TPSA) is 91.7 Å². The highest BCUT2D eigenvalue weighted by molar-refractivity contribution is 7.93. The zero-order chi connectivity index (χ0) is 13.2. The fourth-order valence-electron chi connectivity index (χ4n) is 1.62. The minimum atomic E-state index is -3.91. The van der Waals surface area contributed by atoms with Crippen LogP contribution in [0.3, 0.4) is 0 Å². The SMILES string of the molecule is CCC(C(=O)O)S(=O)(=O)CC(=O)N(C)C1CC1. The van der Waals surface area contributed by atoms with E-state index in [-0.39, 0.29) is 12.5 Å². The first-order valence-corrected chi connectivity index (χ1v) is 7.21. The van der Waals surface area contributed by atoms with Crippen LogP contribution in [0, 0.1) is 0 Å². The summed E-state index contributed by atoms with van der Waals surface area (Å²) in [5.74, 6) is -2.63. The first kappa shape index (κ1) is 14.0. The summed E-state index contributed by atoms with van der Waals surface area (Å²) in [6.07, 6.45) is 1.74. The van der Waals surface area contributed by atoms with Crippen LogP contribution >= 0.6 is 0 Å². The van der Waals surface area contributed by atoms with E-state index in [0.29, 0.717) is 0 Å². The van der Waals surface area contributed by atoms with Gasteiger partial charge in [0, 0.05) is 13.1 Å². The van der Waals surface area contributed by atoms with E-state index in [1.54, 1.807) is 7.05 Å². The third kappa shape index (κ3) is 3.42. The smallest absolute Gasteiger partial charge is 0.321 e. The summed E-state index contributed by atoms with van der Waals surface area (Å²) in [6.45, 7) is 1.48. The summed E-state index contributed by atoms with van der Waals surface area (Å²) in [5.41, 5.74) is 0. The van der Waals surface area contributed by atoms with E-state index in [2.05, 4.69) is 0 Å². The lowest BCUT2D eigenvalue weighted by atomic mass is 10.3. The second kappa shape index (κ2) is 5.03. The van der Waals surface area contributed by atoms with Crippen LogP contribution in [-0.4, -0.2) is 54.4 Å². The molecule has 1 aliphatic carbocycles. The Bertz CT molecular complexity index is 412.